The first-order chi connectivity index (χ1) is 8.22. The van der Waals surface area contributed by atoms with E-state index in [1.54, 1.807) is 0 Å². The molecule has 0 aromatic heterocycles. The lowest BCUT2D eigenvalue weighted by molar-refractivity contribution is -0.115. The van der Waals surface area contributed by atoms with Crippen molar-refractivity contribution >= 4 is 17.8 Å². The normalized spacial score (nSPS) is 21.6. The Balaban J connectivity index is 1.90. The third-order valence-corrected chi connectivity index (χ3v) is 3.02. The van der Waals surface area contributed by atoms with E-state index in [2.05, 4.69) is 10.3 Å². The number of hydrogen-bond acceptors (Lipinski definition) is 2. The van der Waals surface area contributed by atoms with Crippen LogP contribution in [0.3, 0.4) is 0 Å². The molecule has 2 aliphatic rings. The summed E-state index contributed by atoms with van der Waals surface area (Å²) in [5.74, 6) is 1.27. The van der Waals surface area contributed by atoms with Gasteiger partial charge >= 0.3 is 0 Å². The SMILES string of the molecule is Cc1cccc(/C=C2/N=C(C3CC3)NC2=O)c1. The summed E-state index contributed by atoms with van der Waals surface area (Å²) in [6.07, 6.45) is 4.14. The van der Waals surface area contributed by atoms with Gasteiger partial charge in [-0.05, 0) is 31.4 Å². The summed E-state index contributed by atoms with van der Waals surface area (Å²) in [5.41, 5.74) is 2.73. The van der Waals surface area contributed by atoms with Crippen LogP contribution in [0.25, 0.3) is 6.08 Å². The fourth-order valence-electron chi connectivity index (χ4n) is 1.95. The molecule has 0 unspecified atom stereocenters. The maximum Gasteiger partial charge on any atom is 0.275 e. The smallest absolute Gasteiger partial charge is 0.275 e. The average Bonchev–Trinajstić information content (AvgIpc) is 3.06. The molecule has 0 radical (unpaired) electrons. The Morgan fingerprint density at radius 2 is 2.24 bits per heavy atom. The minimum atomic E-state index is -0.0755. The first-order valence-electron chi connectivity index (χ1n) is 5.91. The van der Waals surface area contributed by atoms with Crippen molar-refractivity contribution in [3.05, 3.63) is 41.1 Å². The number of nitrogens with one attached hydrogen (secondary N) is 1. The van der Waals surface area contributed by atoms with E-state index >= 15 is 0 Å². The van der Waals surface area contributed by atoms with Crippen molar-refractivity contribution in [2.45, 2.75) is 19.8 Å². The minimum Gasteiger partial charge on any atom is -0.308 e. The van der Waals surface area contributed by atoms with Crippen LogP contribution in [0.15, 0.2) is 35.0 Å². The fourth-order valence-corrected chi connectivity index (χ4v) is 1.95. The molecule has 1 aliphatic heterocycles. The van der Waals surface area contributed by atoms with Gasteiger partial charge in [-0.2, -0.15) is 0 Å². The van der Waals surface area contributed by atoms with Gasteiger partial charge in [-0.3, -0.25) is 4.79 Å². The summed E-state index contributed by atoms with van der Waals surface area (Å²) in [6, 6.07) is 8.05. The summed E-state index contributed by atoms with van der Waals surface area (Å²) in [5, 5.41) is 2.84. The molecule has 0 saturated heterocycles. The van der Waals surface area contributed by atoms with Crippen molar-refractivity contribution in [3.8, 4) is 0 Å². The van der Waals surface area contributed by atoms with Gasteiger partial charge in [0.1, 0.15) is 11.5 Å². The van der Waals surface area contributed by atoms with E-state index in [4.69, 9.17) is 0 Å². The van der Waals surface area contributed by atoms with Crippen molar-refractivity contribution in [2.24, 2.45) is 10.9 Å². The van der Waals surface area contributed by atoms with Crippen LogP contribution in [0.5, 0.6) is 0 Å². The zero-order chi connectivity index (χ0) is 11.8. The molecular weight excluding hydrogens is 212 g/mol. The van der Waals surface area contributed by atoms with Gasteiger partial charge in [0.05, 0.1) is 0 Å². The maximum atomic E-state index is 11.7. The fraction of sp³-hybridized carbons (Fsp3) is 0.286. The third-order valence-electron chi connectivity index (χ3n) is 3.02. The lowest BCUT2D eigenvalue weighted by Crippen LogP contribution is -2.25. The van der Waals surface area contributed by atoms with E-state index in [1.165, 1.54) is 5.56 Å². The molecule has 3 heteroatoms. The van der Waals surface area contributed by atoms with E-state index in [0.717, 1.165) is 24.2 Å². The first-order valence-corrected chi connectivity index (χ1v) is 5.91. The Kier molecular flexibility index (Phi) is 2.32. The number of benzene rings is 1. The van der Waals surface area contributed by atoms with E-state index in [0.29, 0.717) is 11.6 Å². The van der Waals surface area contributed by atoms with Crippen LogP contribution >= 0.6 is 0 Å². The molecule has 1 amide bonds. The Morgan fingerprint density at radius 1 is 1.41 bits per heavy atom. The second-order valence-electron chi connectivity index (χ2n) is 4.67. The molecule has 1 fully saturated rings. The number of nitrogens with zero attached hydrogens (tertiary/aromatic N) is 1. The van der Waals surface area contributed by atoms with Gasteiger partial charge in [0.2, 0.25) is 0 Å². The number of amidine groups is 1. The molecule has 1 N–H and O–H groups in total. The van der Waals surface area contributed by atoms with Gasteiger partial charge in [0.15, 0.2) is 0 Å². The van der Waals surface area contributed by atoms with Gasteiger partial charge in [-0.25, -0.2) is 4.99 Å². The number of aliphatic imine (C=N–C) groups is 1. The van der Waals surface area contributed by atoms with Crippen LogP contribution in [-0.4, -0.2) is 11.7 Å². The lowest BCUT2D eigenvalue weighted by Gasteiger charge is -1.96. The highest BCUT2D eigenvalue weighted by Gasteiger charge is 2.33. The largest absolute Gasteiger partial charge is 0.308 e. The van der Waals surface area contributed by atoms with E-state index < -0.39 is 0 Å². The summed E-state index contributed by atoms with van der Waals surface area (Å²) in [7, 11) is 0. The second-order valence-corrected chi connectivity index (χ2v) is 4.67. The van der Waals surface area contributed by atoms with Gasteiger partial charge in [-0.15, -0.1) is 0 Å². The molecule has 0 bridgehead atoms. The lowest BCUT2D eigenvalue weighted by atomic mass is 10.1. The summed E-state index contributed by atoms with van der Waals surface area (Å²) in [4.78, 5) is 16.1. The molecular formula is C14H14N2O. The zero-order valence-electron chi connectivity index (χ0n) is 9.73. The van der Waals surface area contributed by atoms with Crippen molar-refractivity contribution < 1.29 is 4.79 Å². The third kappa shape index (κ3) is 2.13. The number of rotatable bonds is 2. The highest BCUT2D eigenvalue weighted by atomic mass is 16.2. The van der Waals surface area contributed by atoms with Crippen molar-refractivity contribution in [2.75, 3.05) is 0 Å². The summed E-state index contributed by atoms with van der Waals surface area (Å²) in [6.45, 7) is 2.04. The standard InChI is InChI=1S/C14H14N2O/c1-9-3-2-4-10(7-9)8-12-14(17)16-13(15-12)11-5-6-11/h2-4,7-8,11H,5-6H2,1H3,(H,15,16,17)/b12-8+. The molecule has 3 rings (SSSR count). The number of hydrogen-bond donors (Lipinski definition) is 1. The maximum absolute atomic E-state index is 11.7. The molecule has 1 aliphatic carbocycles. The zero-order valence-corrected chi connectivity index (χ0v) is 9.73. The van der Waals surface area contributed by atoms with E-state index in [1.807, 2.05) is 37.3 Å². The number of carbonyl (C=O) groups excluding carboxylic acids is 1. The molecule has 17 heavy (non-hydrogen) atoms. The molecule has 0 atom stereocenters. The Morgan fingerprint density at radius 3 is 2.94 bits per heavy atom. The average molecular weight is 226 g/mol. The highest BCUT2D eigenvalue weighted by molar-refractivity contribution is 6.15. The predicted octanol–water partition coefficient (Wildman–Crippen LogP) is 2.27. The van der Waals surface area contributed by atoms with Gasteiger partial charge in [0.25, 0.3) is 5.91 Å². The van der Waals surface area contributed by atoms with Crippen LogP contribution in [0, 0.1) is 12.8 Å². The van der Waals surface area contributed by atoms with Crippen molar-refractivity contribution in [3.63, 3.8) is 0 Å². The van der Waals surface area contributed by atoms with Gasteiger partial charge in [0, 0.05) is 5.92 Å². The number of aryl methyl sites for hydroxylation is 1. The van der Waals surface area contributed by atoms with Gasteiger partial charge < -0.3 is 5.32 Å². The quantitative estimate of drug-likeness (QED) is 0.772. The van der Waals surface area contributed by atoms with Crippen LogP contribution in [0.4, 0.5) is 0 Å². The Labute approximate surface area is 100 Å². The predicted molar refractivity (Wildman–Crippen MR) is 67.5 cm³/mol. The first kappa shape index (κ1) is 10.3. The molecule has 0 spiro atoms. The topological polar surface area (TPSA) is 41.5 Å². The van der Waals surface area contributed by atoms with Crippen molar-refractivity contribution in [1.29, 1.82) is 0 Å². The molecule has 1 aromatic rings. The Hall–Kier alpha value is -1.90. The molecule has 3 nitrogen and oxygen atoms in total. The Bertz CT molecular complexity index is 539. The van der Waals surface area contributed by atoms with Gasteiger partial charge in [-0.1, -0.05) is 29.8 Å². The van der Waals surface area contributed by atoms with Crippen LogP contribution < -0.4 is 5.32 Å². The van der Waals surface area contributed by atoms with E-state index in [9.17, 15) is 4.79 Å². The number of amides is 1. The molecule has 1 heterocycles. The highest BCUT2D eigenvalue weighted by Crippen LogP contribution is 2.32. The molecule has 86 valence electrons. The monoisotopic (exact) mass is 226 g/mol. The van der Waals surface area contributed by atoms with Crippen LogP contribution in [-0.2, 0) is 4.79 Å². The second kappa shape index (κ2) is 3.84. The van der Waals surface area contributed by atoms with Crippen LogP contribution in [0.1, 0.15) is 24.0 Å². The number of carbonyl (C=O) groups is 1. The minimum absolute atomic E-state index is 0.0755. The summed E-state index contributed by atoms with van der Waals surface area (Å²) < 4.78 is 0. The van der Waals surface area contributed by atoms with E-state index in [-0.39, 0.29) is 5.91 Å². The van der Waals surface area contributed by atoms with Crippen LogP contribution in [0.2, 0.25) is 0 Å². The molecule has 1 aromatic carbocycles. The molecule has 1 saturated carbocycles. The van der Waals surface area contributed by atoms with Crippen molar-refractivity contribution in [1.82, 2.24) is 5.32 Å². The summed E-state index contributed by atoms with van der Waals surface area (Å²) >= 11 is 0.